The van der Waals surface area contributed by atoms with E-state index in [2.05, 4.69) is 5.32 Å². The van der Waals surface area contributed by atoms with Crippen molar-refractivity contribution in [1.29, 1.82) is 0 Å². The van der Waals surface area contributed by atoms with Crippen molar-refractivity contribution in [3.05, 3.63) is 64.2 Å². The first-order valence-electron chi connectivity index (χ1n) is 7.32. The highest BCUT2D eigenvalue weighted by molar-refractivity contribution is 6.32. The third-order valence-corrected chi connectivity index (χ3v) is 4.21. The lowest BCUT2D eigenvalue weighted by atomic mass is 9.92. The van der Waals surface area contributed by atoms with Gasteiger partial charge in [0.2, 0.25) is 5.91 Å². The van der Waals surface area contributed by atoms with Crippen molar-refractivity contribution in [2.24, 2.45) is 0 Å². The third kappa shape index (κ3) is 2.99. The predicted molar refractivity (Wildman–Crippen MR) is 88.6 cm³/mol. The molecule has 1 amide bonds. The van der Waals surface area contributed by atoms with E-state index >= 15 is 0 Å². The molecule has 2 aromatic rings. The average Bonchev–Trinajstić information content (AvgIpc) is 2.56. The first kappa shape index (κ1) is 16.5. The van der Waals surface area contributed by atoms with Crippen molar-refractivity contribution >= 4 is 28.8 Å². The molecular formula is C18H14ClF2NO2. The number of hydrogen-bond acceptors (Lipinski definition) is 2. The minimum absolute atomic E-state index is 0.108. The van der Waals surface area contributed by atoms with Gasteiger partial charge in [-0.05, 0) is 42.3 Å². The number of carbonyl (C=O) groups excluding carboxylic acids is 1. The van der Waals surface area contributed by atoms with Crippen molar-refractivity contribution in [2.45, 2.75) is 12.8 Å². The van der Waals surface area contributed by atoms with Crippen LogP contribution >= 0.6 is 11.6 Å². The van der Waals surface area contributed by atoms with Gasteiger partial charge in [-0.15, -0.1) is 0 Å². The van der Waals surface area contributed by atoms with Gasteiger partial charge in [0.15, 0.2) is 0 Å². The summed E-state index contributed by atoms with van der Waals surface area (Å²) in [6.45, 7) is 0. The van der Waals surface area contributed by atoms with Crippen LogP contribution in [0.1, 0.15) is 24.0 Å². The molecule has 6 heteroatoms. The molecule has 1 aliphatic rings. The van der Waals surface area contributed by atoms with Crippen LogP contribution in [0.15, 0.2) is 36.4 Å². The Hall–Kier alpha value is -2.40. The van der Waals surface area contributed by atoms with Crippen LogP contribution in [0.4, 0.5) is 8.78 Å². The van der Waals surface area contributed by atoms with Crippen LogP contribution < -0.4 is 10.1 Å². The summed E-state index contributed by atoms with van der Waals surface area (Å²) in [7, 11) is 1.52. The van der Waals surface area contributed by atoms with E-state index in [1.807, 2.05) is 0 Å². The van der Waals surface area contributed by atoms with Gasteiger partial charge in [-0.3, -0.25) is 4.79 Å². The standard InChI is InChI=1S/C18H14ClF2NO2/c1-24-10-5-7-13(19)12(9-10)11-6-8-16(23)22-18(11)17-14(20)3-2-4-15(17)21/h2-5,7,9H,6,8H2,1H3,(H,22,23). The molecule has 0 aromatic heterocycles. The lowest BCUT2D eigenvalue weighted by Gasteiger charge is -2.23. The van der Waals surface area contributed by atoms with E-state index in [0.29, 0.717) is 28.3 Å². The molecule has 0 saturated carbocycles. The van der Waals surface area contributed by atoms with Gasteiger partial charge in [0, 0.05) is 17.0 Å². The van der Waals surface area contributed by atoms with Crippen LogP contribution in [-0.4, -0.2) is 13.0 Å². The van der Waals surface area contributed by atoms with E-state index in [-0.39, 0.29) is 23.6 Å². The Kier molecular flexibility index (Phi) is 4.53. The molecule has 24 heavy (non-hydrogen) atoms. The summed E-state index contributed by atoms with van der Waals surface area (Å²) in [5.41, 5.74) is 0.993. The number of benzene rings is 2. The Morgan fingerprint density at radius 1 is 1.12 bits per heavy atom. The number of rotatable bonds is 3. The maximum Gasteiger partial charge on any atom is 0.224 e. The Bertz CT molecular complexity index is 829. The van der Waals surface area contributed by atoms with Crippen LogP contribution in [-0.2, 0) is 4.79 Å². The SMILES string of the molecule is COc1ccc(Cl)c(C2=C(c3c(F)cccc3F)NC(=O)CC2)c1. The molecule has 124 valence electrons. The van der Waals surface area contributed by atoms with E-state index in [4.69, 9.17) is 16.3 Å². The summed E-state index contributed by atoms with van der Waals surface area (Å²) in [5.74, 6) is -1.23. The summed E-state index contributed by atoms with van der Waals surface area (Å²) in [4.78, 5) is 11.8. The molecule has 1 aliphatic heterocycles. The fraction of sp³-hybridized carbons (Fsp3) is 0.167. The molecule has 0 unspecified atom stereocenters. The first-order chi connectivity index (χ1) is 11.5. The van der Waals surface area contributed by atoms with E-state index in [1.165, 1.54) is 13.2 Å². The molecule has 1 heterocycles. The molecule has 0 fully saturated rings. The van der Waals surface area contributed by atoms with Crippen molar-refractivity contribution in [2.75, 3.05) is 7.11 Å². The summed E-state index contributed by atoms with van der Waals surface area (Å²) in [6, 6.07) is 8.60. The molecule has 0 saturated heterocycles. The Labute approximate surface area is 142 Å². The Morgan fingerprint density at radius 2 is 1.83 bits per heavy atom. The smallest absolute Gasteiger partial charge is 0.224 e. The van der Waals surface area contributed by atoms with Crippen LogP contribution in [0.2, 0.25) is 5.02 Å². The number of nitrogens with one attached hydrogen (secondary N) is 1. The van der Waals surface area contributed by atoms with E-state index in [1.54, 1.807) is 18.2 Å². The molecule has 0 aliphatic carbocycles. The zero-order chi connectivity index (χ0) is 17.3. The zero-order valence-electron chi connectivity index (χ0n) is 12.8. The zero-order valence-corrected chi connectivity index (χ0v) is 13.6. The monoisotopic (exact) mass is 349 g/mol. The number of hydrogen-bond donors (Lipinski definition) is 1. The molecule has 3 rings (SSSR count). The molecule has 2 aromatic carbocycles. The molecule has 0 radical (unpaired) electrons. The summed E-state index contributed by atoms with van der Waals surface area (Å²) in [5, 5.41) is 3.00. The van der Waals surface area contributed by atoms with Gasteiger partial charge in [0.25, 0.3) is 0 Å². The summed E-state index contributed by atoms with van der Waals surface area (Å²) < 4.78 is 33.6. The van der Waals surface area contributed by atoms with Crippen molar-refractivity contribution < 1.29 is 18.3 Å². The molecule has 1 N–H and O–H groups in total. The largest absolute Gasteiger partial charge is 0.497 e. The minimum atomic E-state index is -0.747. The van der Waals surface area contributed by atoms with Crippen LogP contribution in [0.5, 0.6) is 5.75 Å². The number of methoxy groups -OCH3 is 1. The number of halogens is 3. The number of allylic oxidation sites excluding steroid dienone is 1. The number of ether oxygens (including phenoxy) is 1. The maximum absolute atomic E-state index is 14.2. The van der Waals surface area contributed by atoms with E-state index in [9.17, 15) is 13.6 Å². The van der Waals surface area contributed by atoms with E-state index in [0.717, 1.165) is 12.1 Å². The minimum Gasteiger partial charge on any atom is -0.497 e. The predicted octanol–water partition coefficient (Wildman–Crippen LogP) is 4.41. The molecule has 0 spiro atoms. The first-order valence-corrected chi connectivity index (χ1v) is 7.70. The Balaban J connectivity index is 2.27. The number of carbonyl (C=O) groups is 1. The van der Waals surface area contributed by atoms with Crippen LogP contribution in [0.25, 0.3) is 11.3 Å². The average molecular weight is 350 g/mol. The highest BCUT2D eigenvalue weighted by Crippen LogP contribution is 2.38. The highest BCUT2D eigenvalue weighted by atomic mass is 35.5. The second-order valence-electron chi connectivity index (χ2n) is 5.34. The quantitative estimate of drug-likeness (QED) is 0.891. The molecule has 0 bridgehead atoms. The van der Waals surface area contributed by atoms with Crippen molar-refractivity contribution in [1.82, 2.24) is 5.32 Å². The Morgan fingerprint density at radius 3 is 2.50 bits per heavy atom. The van der Waals surface area contributed by atoms with Gasteiger partial charge in [0.05, 0.1) is 18.4 Å². The topological polar surface area (TPSA) is 38.3 Å². The van der Waals surface area contributed by atoms with Gasteiger partial charge in [0.1, 0.15) is 17.4 Å². The summed E-state index contributed by atoms with van der Waals surface area (Å²) in [6.07, 6.45) is 0.532. The fourth-order valence-corrected chi connectivity index (χ4v) is 2.95. The number of amides is 1. The van der Waals surface area contributed by atoms with Gasteiger partial charge >= 0.3 is 0 Å². The maximum atomic E-state index is 14.2. The molecule has 3 nitrogen and oxygen atoms in total. The van der Waals surface area contributed by atoms with Crippen molar-refractivity contribution in [3.63, 3.8) is 0 Å². The van der Waals surface area contributed by atoms with Gasteiger partial charge in [-0.2, -0.15) is 0 Å². The molecule has 0 atom stereocenters. The lowest BCUT2D eigenvalue weighted by molar-refractivity contribution is -0.120. The lowest BCUT2D eigenvalue weighted by Crippen LogP contribution is -2.27. The fourth-order valence-electron chi connectivity index (χ4n) is 2.72. The van der Waals surface area contributed by atoms with Gasteiger partial charge in [-0.1, -0.05) is 17.7 Å². The van der Waals surface area contributed by atoms with Gasteiger partial charge < -0.3 is 10.1 Å². The second-order valence-corrected chi connectivity index (χ2v) is 5.75. The van der Waals surface area contributed by atoms with Crippen LogP contribution in [0.3, 0.4) is 0 Å². The normalized spacial score (nSPS) is 14.6. The van der Waals surface area contributed by atoms with Crippen molar-refractivity contribution in [3.8, 4) is 5.75 Å². The highest BCUT2D eigenvalue weighted by Gasteiger charge is 2.26. The van der Waals surface area contributed by atoms with Crippen LogP contribution in [0, 0.1) is 11.6 Å². The van der Waals surface area contributed by atoms with Gasteiger partial charge in [-0.25, -0.2) is 8.78 Å². The molecular weight excluding hydrogens is 336 g/mol. The summed E-state index contributed by atoms with van der Waals surface area (Å²) >= 11 is 6.27. The third-order valence-electron chi connectivity index (χ3n) is 3.88. The van der Waals surface area contributed by atoms with E-state index < -0.39 is 11.6 Å². The second kappa shape index (κ2) is 6.61.